The molecule has 2 unspecified atom stereocenters. The maximum absolute atomic E-state index is 5.99. The lowest BCUT2D eigenvalue weighted by Crippen LogP contribution is -2.48. The van der Waals surface area contributed by atoms with E-state index in [0.717, 1.165) is 25.2 Å². The average Bonchev–Trinajstić information content (AvgIpc) is 2.48. The molecule has 2 atom stereocenters. The van der Waals surface area contributed by atoms with Gasteiger partial charge in [0.05, 0.1) is 5.52 Å². The summed E-state index contributed by atoms with van der Waals surface area (Å²) in [6.45, 7) is 5.18. The Kier molecular flexibility index (Phi) is 5.57. The molecule has 0 amide bonds. The number of nitrogens with zero attached hydrogens (tertiary/aromatic N) is 2. The van der Waals surface area contributed by atoms with Crippen LogP contribution in [0.3, 0.4) is 0 Å². The Morgan fingerprint density at radius 1 is 1.29 bits per heavy atom. The predicted molar refractivity (Wildman–Crippen MR) is 90.6 cm³/mol. The minimum atomic E-state index is 0. The second kappa shape index (κ2) is 7.21. The number of pyridine rings is 1. The molecule has 0 saturated carbocycles. The van der Waals surface area contributed by atoms with Gasteiger partial charge in [0.2, 0.25) is 0 Å². The van der Waals surface area contributed by atoms with Crippen LogP contribution in [0.25, 0.3) is 10.9 Å². The molecule has 1 fully saturated rings. The monoisotopic (exact) mass is 305 g/mol. The third-order valence-corrected chi connectivity index (χ3v) is 4.56. The van der Waals surface area contributed by atoms with Gasteiger partial charge >= 0.3 is 0 Å². The molecule has 2 heterocycles. The van der Waals surface area contributed by atoms with Gasteiger partial charge < -0.3 is 5.73 Å². The number of hydrogen-bond acceptors (Lipinski definition) is 3. The molecule has 1 aromatic carbocycles. The summed E-state index contributed by atoms with van der Waals surface area (Å²) in [6.07, 6.45) is 4.45. The maximum Gasteiger partial charge on any atom is 0.0746 e. The van der Waals surface area contributed by atoms with Crippen LogP contribution in [0.4, 0.5) is 0 Å². The average molecular weight is 306 g/mol. The van der Waals surface area contributed by atoms with Crippen molar-refractivity contribution in [2.75, 3.05) is 13.1 Å². The van der Waals surface area contributed by atoms with E-state index in [9.17, 15) is 0 Å². The Balaban J connectivity index is 0.00000161. The lowest BCUT2D eigenvalue weighted by atomic mass is 9.90. The van der Waals surface area contributed by atoms with E-state index in [-0.39, 0.29) is 12.4 Å². The van der Waals surface area contributed by atoms with Crippen molar-refractivity contribution in [3.8, 4) is 0 Å². The van der Waals surface area contributed by atoms with E-state index in [0.29, 0.717) is 12.0 Å². The molecule has 0 bridgehead atoms. The SMILES string of the molecule is CC1CCCN(Cc2cccc3cccnc23)C1CN.Cl. The van der Waals surface area contributed by atoms with Crippen LogP contribution in [-0.4, -0.2) is 29.0 Å². The van der Waals surface area contributed by atoms with Crippen molar-refractivity contribution in [3.05, 3.63) is 42.1 Å². The van der Waals surface area contributed by atoms with Crippen LogP contribution in [0.1, 0.15) is 25.3 Å². The number of likely N-dealkylation sites (tertiary alicyclic amines) is 1. The second-order valence-electron chi connectivity index (χ2n) is 5.89. The minimum absolute atomic E-state index is 0. The maximum atomic E-state index is 5.99. The van der Waals surface area contributed by atoms with E-state index < -0.39 is 0 Å². The normalized spacial score (nSPS) is 23.0. The summed E-state index contributed by atoms with van der Waals surface area (Å²) in [7, 11) is 0. The van der Waals surface area contributed by atoms with E-state index in [4.69, 9.17) is 5.73 Å². The van der Waals surface area contributed by atoms with Crippen molar-refractivity contribution >= 4 is 23.3 Å². The van der Waals surface area contributed by atoms with E-state index in [1.807, 2.05) is 12.3 Å². The molecule has 1 aliphatic rings. The van der Waals surface area contributed by atoms with Crippen molar-refractivity contribution in [2.24, 2.45) is 11.7 Å². The molecular formula is C17H24ClN3. The van der Waals surface area contributed by atoms with Crippen LogP contribution >= 0.6 is 12.4 Å². The highest BCUT2D eigenvalue weighted by atomic mass is 35.5. The molecule has 21 heavy (non-hydrogen) atoms. The molecule has 0 radical (unpaired) electrons. The van der Waals surface area contributed by atoms with E-state index >= 15 is 0 Å². The van der Waals surface area contributed by atoms with Crippen molar-refractivity contribution in [1.82, 2.24) is 9.88 Å². The molecule has 1 aromatic heterocycles. The number of hydrogen-bond donors (Lipinski definition) is 1. The molecule has 1 saturated heterocycles. The van der Waals surface area contributed by atoms with Crippen LogP contribution in [0.15, 0.2) is 36.5 Å². The molecule has 1 aliphatic heterocycles. The Bertz CT molecular complexity index is 582. The summed E-state index contributed by atoms with van der Waals surface area (Å²) in [6, 6.07) is 11.1. The zero-order valence-electron chi connectivity index (χ0n) is 12.5. The Hall–Kier alpha value is -1.16. The number of nitrogens with two attached hydrogens (primary N) is 1. The lowest BCUT2D eigenvalue weighted by Gasteiger charge is -2.39. The zero-order valence-corrected chi connectivity index (χ0v) is 13.4. The van der Waals surface area contributed by atoms with E-state index in [1.165, 1.54) is 23.8 Å². The van der Waals surface area contributed by atoms with Crippen molar-refractivity contribution in [1.29, 1.82) is 0 Å². The summed E-state index contributed by atoms with van der Waals surface area (Å²) >= 11 is 0. The molecule has 2 N–H and O–H groups in total. The number of fused-ring (bicyclic) bond motifs is 1. The molecule has 2 aromatic rings. The lowest BCUT2D eigenvalue weighted by molar-refractivity contribution is 0.0994. The van der Waals surface area contributed by atoms with Gasteiger partial charge in [-0.1, -0.05) is 31.2 Å². The molecule has 0 spiro atoms. The quantitative estimate of drug-likeness (QED) is 0.947. The third kappa shape index (κ3) is 3.37. The largest absolute Gasteiger partial charge is 0.329 e. The van der Waals surface area contributed by atoms with Gasteiger partial charge in [-0.15, -0.1) is 12.4 Å². The molecule has 3 nitrogen and oxygen atoms in total. The van der Waals surface area contributed by atoms with Gasteiger partial charge in [-0.25, -0.2) is 0 Å². The molecule has 114 valence electrons. The first-order valence-electron chi connectivity index (χ1n) is 7.56. The number of benzene rings is 1. The van der Waals surface area contributed by atoms with E-state index in [1.54, 1.807) is 0 Å². The highest BCUT2D eigenvalue weighted by Crippen LogP contribution is 2.26. The number of para-hydroxylation sites is 1. The van der Waals surface area contributed by atoms with Gasteiger partial charge in [-0.3, -0.25) is 9.88 Å². The molecule has 4 heteroatoms. The van der Waals surface area contributed by atoms with Crippen LogP contribution in [0.2, 0.25) is 0 Å². The first kappa shape index (κ1) is 16.2. The summed E-state index contributed by atoms with van der Waals surface area (Å²) in [5, 5.41) is 1.22. The fraction of sp³-hybridized carbons (Fsp3) is 0.471. The van der Waals surface area contributed by atoms with Crippen molar-refractivity contribution in [3.63, 3.8) is 0 Å². The van der Waals surface area contributed by atoms with E-state index in [2.05, 4.69) is 41.1 Å². The van der Waals surface area contributed by atoms with Gasteiger partial charge in [0.25, 0.3) is 0 Å². The summed E-state index contributed by atoms with van der Waals surface area (Å²) in [5.74, 6) is 0.691. The number of halogens is 1. The van der Waals surface area contributed by atoms with Gasteiger partial charge in [0.15, 0.2) is 0 Å². The number of rotatable bonds is 3. The minimum Gasteiger partial charge on any atom is -0.329 e. The van der Waals surface area contributed by atoms with Crippen LogP contribution in [-0.2, 0) is 6.54 Å². The predicted octanol–water partition coefficient (Wildman–Crippen LogP) is 3.22. The highest BCUT2D eigenvalue weighted by Gasteiger charge is 2.27. The first-order valence-corrected chi connectivity index (χ1v) is 7.56. The summed E-state index contributed by atoms with van der Waals surface area (Å²) < 4.78 is 0. The topological polar surface area (TPSA) is 42.2 Å². The Morgan fingerprint density at radius 3 is 2.90 bits per heavy atom. The van der Waals surface area contributed by atoms with Gasteiger partial charge in [-0.2, -0.15) is 0 Å². The fourth-order valence-corrected chi connectivity index (χ4v) is 3.43. The van der Waals surface area contributed by atoms with Crippen LogP contribution < -0.4 is 5.73 Å². The summed E-state index contributed by atoms with van der Waals surface area (Å²) in [5.41, 5.74) is 8.44. The number of aromatic nitrogens is 1. The van der Waals surface area contributed by atoms with Crippen LogP contribution in [0, 0.1) is 5.92 Å². The van der Waals surface area contributed by atoms with Gasteiger partial charge in [0.1, 0.15) is 0 Å². The number of piperidine rings is 1. The molecular weight excluding hydrogens is 282 g/mol. The summed E-state index contributed by atoms with van der Waals surface area (Å²) in [4.78, 5) is 7.10. The zero-order chi connectivity index (χ0) is 13.9. The third-order valence-electron chi connectivity index (χ3n) is 4.56. The Labute approximate surface area is 132 Å². The smallest absolute Gasteiger partial charge is 0.0746 e. The first-order chi connectivity index (χ1) is 9.79. The van der Waals surface area contributed by atoms with Crippen molar-refractivity contribution in [2.45, 2.75) is 32.4 Å². The fourth-order valence-electron chi connectivity index (χ4n) is 3.43. The van der Waals surface area contributed by atoms with Gasteiger partial charge in [0, 0.05) is 30.7 Å². The highest BCUT2D eigenvalue weighted by molar-refractivity contribution is 5.85. The van der Waals surface area contributed by atoms with Crippen molar-refractivity contribution < 1.29 is 0 Å². The molecule has 0 aliphatic carbocycles. The van der Waals surface area contributed by atoms with Gasteiger partial charge in [-0.05, 0) is 36.9 Å². The van der Waals surface area contributed by atoms with Crippen LogP contribution in [0.5, 0.6) is 0 Å². The molecule has 3 rings (SSSR count). The second-order valence-corrected chi connectivity index (χ2v) is 5.89. The Morgan fingerprint density at radius 2 is 2.10 bits per heavy atom. The standard InChI is InChI=1S/C17H23N3.ClH/c1-13-5-4-10-20(16(13)11-18)12-15-7-2-6-14-8-3-9-19-17(14)15;/h2-3,6-9,13,16H,4-5,10-12,18H2,1H3;1H.